The van der Waals surface area contributed by atoms with Crippen molar-refractivity contribution in [3.63, 3.8) is 0 Å². The molecule has 4 rings (SSSR count). The number of carbonyl (C=O) groups excluding carboxylic acids is 1. The molecule has 120 valence electrons. The number of anilines is 1. The Morgan fingerprint density at radius 1 is 1.42 bits per heavy atom. The van der Waals surface area contributed by atoms with Crippen LogP contribution < -0.4 is 15.8 Å². The third kappa shape index (κ3) is 1.55. The van der Waals surface area contributed by atoms with Crippen molar-refractivity contribution in [3.05, 3.63) is 50.4 Å². The number of rotatable bonds is 0. The van der Waals surface area contributed by atoms with Crippen LogP contribution in [-0.2, 0) is 10.2 Å². The fraction of sp³-hybridized carbons (Fsp3) is 0.188. The summed E-state index contributed by atoms with van der Waals surface area (Å²) in [5.41, 5.74) is 8.06. The Hall–Kier alpha value is -2.79. The molecule has 1 aromatic carbocycles. The largest absolute Gasteiger partial charge is 0.420 e. The predicted molar refractivity (Wildman–Crippen MR) is 89.1 cm³/mol. The number of nitrogens with two attached hydrogens (primary N) is 1. The van der Waals surface area contributed by atoms with Crippen molar-refractivity contribution in [1.29, 1.82) is 5.26 Å². The van der Waals surface area contributed by atoms with Crippen molar-refractivity contribution in [2.75, 3.05) is 5.32 Å². The van der Waals surface area contributed by atoms with Gasteiger partial charge in [0.2, 0.25) is 17.7 Å². The molecule has 2 aliphatic rings. The molecule has 3 heterocycles. The predicted octanol–water partition coefficient (Wildman–Crippen LogP) is 2.11. The van der Waals surface area contributed by atoms with E-state index in [1.165, 1.54) is 0 Å². The van der Waals surface area contributed by atoms with Crippen LogP contribution in [0.1, 0.15) is 22.4 Å². The first-order chi connectivity index (χ1) is 11.4. The second kappa shape index (κ2) is 4.61. The van der Waals surface area contributed by atoms with Crippen molar-refractivity contribution >= 4 is 27.5 Å². The van der Waals surface area contributed by atoms with Crippen molar-refractivity contribution < 1.29 is 9.53 Å². The van der Waals surface area contributed by atoms with E-state index in [-0.39, 0.29) is 23.2 Å². The highest BCUT2D eigenvalue weighted by Crippen LogP contribution is 2.54. The van der Waals surface area contributed by atoms with E-state index in [1.807, 2.05) is 19.1 Å². The number of hydrogen-bond donors (Lipinski definition) is 3. The van der Waals surface area contributed by atoms with Crippen molar-refractivity contribution in [2.24, 2.45) is 5.73 Å². The molecule has 0 unspecified atom stereocenters. The van der Waals surface area contributed by atoms with Gasteiger partial charge in [-0.1, -0.05) is 22.0 Å². The Morgan fingerprint density at radius 3 is 2.88 bits per heavy atom. The topological polar surface area (TPSA) is 117 Å². The number of nitrogens with zero attached hydrogens (tertiary/aromatic N) is 2. The SMILES string of the molecule is Cc1cc2c(cc1Br)NC(=O)[C@]21C(C#N)=C(N)Oc2n[nH]c(C)c21. The van der Waals surface area contributed by atoms with Gasteiger partial charge in [0.1, 0.15) is 17.1 Å². The summed E-state index contributed by atoms with van der Waals surface area (Å²) in [5, 5.41) is 19.5. The lowest BCUT2D eigenvalue weighted by Crippen LogP contribution is -2.42. The maximum absolute atomic E-state index is 13.1. The van der Waals surface area contributed by atoms with Crippen molar-refractivity contribution in [2.45, 2.75) is 19.3 Å². The van der Waals surface area contributed by atoms with Crippen LogP contribution >= 0.6 is 15.9 Å². The molecule has 8 heteroatoms. The third-order valence-corrected chi connectivity index (χ3v) is 5.37. The van der Waals surface area contributed by atoms with E-state index in [1.54, 1.807) is 6.92 Å². The molecule has 0 radical (unpaired) electrons. The van der Waals surface area contributed by atoms with E-state index in [0.29, 0.717) is 22.5 Å². The first kappa shape index (κ1) is 14.8. The van der Waals surface area contributed by atoms with Gasteiger partial charge in [0.05, 0.1) is 5.56 Å². The number of benzene rings is 1. The van der Waals surface area contributed by atoms with Crippen LogP contribution in [0.25, 0.3) is 0 Å². The van der Waals surface area contributed by atoms with Gasteiger partial charge >= 0.3 is 0 Å². The van der Waals surface area contributed by atoms with E-state index < -0.39 is 5.41 Å². The number of ether oxygens (including phenoxy) is 1. The van der Waals surface area contributed by atoms with Crippen LogP contribution in [0.3, 0.4) is 0 Å². The molecule has 7 nitrogen and oxygen atoms in total. The van der Waals surface area contributed by atoms with Crippen LogP contribution in [0.15, 0.2) is 28.1 Å². The molecule has 1 aromatic heterocycles. The standard InChI is InChI=1S/C16H12BrN5O2/c1-6-3-8-11(4-10(6)17)20-15(23)16(8)9(5-18)13(19)24-14-12(16)7(2)21-22-14/h3-4H,19H2,1-2H3,(H,20,23)(H,21,22)/t16-/m0/s1. The van der Waals surface area contributed by atoms with E-state index in [2.05, 4.69) is 37.5 Å². The maximum atomic E-state index is 13.1. The molecule has 2 aliphatic heterocycles. The molecule has 0 aliphatic carbocycles. The second-order valence-electron chi connectivity index (χ2n) is 5.83. The Balaban J connectivity index is 2.18. The van der Waals surface area contributed by atoms with E-state index >= 15 is 0 Å². The highest BCUT2D eigenvalue weighted by atomic mass is 79.9. The van der Waals surface area contributed by atoms with E-state index in [9.17, 15) is 10.1 Å². The monoisotopic (exact) mass is 385 g/mol. The van der Waals surface area contributed by atoms with E-state index in [4.69, 9.17) is 10.5 Å². The Bertz CT molecular complexity index is 1000. The highest BCUT2D eigenvalue weighted by molar-refractivity contribution is 9.10. The average Bonchev–Trinajstić information content (AvgIpc) is 3.01. The summed E-state index contributed by atoms with van der Waals surface area (Å²) in [6, 6.07) is 5.77. The maximum Gasteiger partial charge on any atom is 0.245 e. The summed E-state index contributed by atoms with van der Waals surface area (Å²) in [5.74, 6) is -0.240. The van der Waals surface area contributed by atoms with Crippen LogP contribution in [0.4, 0.5) is 5.69 Å². The van der Waals surface area contributed by atoms with Crippen LogP contribution in [0, 0.1) is 25.2 Å². The molecule has 4 N–H and O–H groups in total. The zero-order valence-corrected chi connectivity index (χ0v) is 14.4. The summed E-state index contributed by atoms with van der Waals surface area (Å²) >= 11 is 3.47. The molecule has 24 heavy (non-hydrogen) atoms. The molecule has 0 bridgehead atoms. The normalized spacial score (nSPS) is 21.2. The first-order valence-electron chi connectivity index (χ1n) is 7.17. The minimum Gasteiger partial charge on any atom is -0.420 e. The van der Waals surface area contributed by atoms with Gasteiger partial charge in [-0.25, -0.2) is 0 Å². The Morgan fingerprint density at radius 2 is 2.17 bits per heavy atom. The smallest absolute Gasteiger partial charge is 0.245 e. The number of fused-ring (bicyclic) bond motifs is 4. The van der Waals surface area contributed by atoms with Crippen LogP contribution in [0.5, 0.6) is 5.88 Å². The van der Waals surface area contributed by atoms with Gasteiger partial charge in [-0.2, -0.15) is 5.26 Å². The summed E-state index contributed by atoms with van der Waals surface area (Å²) in [7, 11) is 0. The zero-order valence-electron chi connectivity index (χ0n) is 12.8. The van der Waals surface area contributed by atoms with Gasteiger partial charge in [0, 0.05) is 21.4 Å². The summed E-state index contributed by atoms with van der Waals surface area (Å²) in [6.07, 6.45) is 0. The van der Waals surface area contributed by atoms with Gasteiger partial charge in [-0.05, 0) is 25.5 Å². The van der Waals surface area contributed by atoms with Gasteiger partial charge in [0.15, 0.2) is 0 Å². The number of halogens is 1. The minimum atomic E-state index is -1.36. The summed E-state index contributed by atoms with van der Waals surface area (Å²) in [4.78, 5) is 13.1. The average molecular weight is 386 g/mol. The van der Waals surface area contributed by atoms with Crippen molar-refractivity contribution in [1.82, 2.24) is 10.2 Å². The quantitative estimate of drug-likeness (QED) is 0.641. The lowest BCUT2D eigenvalue weighted by molar-refractivity contribution is -0.118. The number of H-pyrrole nitrogens is 1. The van der Waals surface area contributed by atoms with Crippen LogP contribution in [0.2, 0.25) is 0 Å². The molecule has 1 amide bonds. The van der Waals surface area contributed by atoms with Gasteiger partial charge < -0.3 is 15.8 Å². The molecule has 1 spiro atoms. The first-order valence-corrected chi connectivity index (χ1v) is 7.96. The van der Waals surface area contributed by atoms with Gasteiger partial charge in [0.25, 0.3) is 0 Å². The Kier molecular flexibility index (Phi) is 2.84. The lowest BCUT2D eigenvalue weighted by Gasteiger charge is -2.31. The van der Waals surface area contributed by atoms with E-state index in [0.717, 1.165) is 10.0 Å². The summed E-state index contributed by atoms with van der Waals surface area (Å²) < 4.78 is 6.33. The zero-order chi connectivity index (χ0) is 17.2. The fourth-order valence-corrected chi connectivity index (χ4v) is 3.80. The fourth-order valence-electron chi connectivity index (χ4n) is 3.46. The molecule has 0 saturated carbocycles. The molecule has 2 aromatic rings. The minimum absolute atomic E-state index is 0.0671. The number of aromatic amines is 1. The number of nitrogens with one attached hydrogen (secondary N) is 2. The number of aromatic nitrogens is 2. The molecule has 0 fully saturated rings. The number of aryl methyl sites for hydroxylation is 2. The Labute approximate surface area is 145 Å². The number of hydrogen-bond acceptors (Lipinski definition) is 5. The van der Waals surface area contributed by atoms with Gasteiger partial charge in [-0.15, -0.1) is 5.10 Å². The molecule has 0 saturated heterocycles. The molecule has 1 atom stereocenters. The number of nitriles is 1. The van der Waals surface area contributed by atoms with Crippen molar-refractivity contribution in [3.8, 4) is 11.9 Å². The van der Waals surface area contributed by atoms with Gasteiger partial charge in [-0.3, -0.25) is 9.89 Å². The number of amides is 1. The third-order valence-electron chi connectivity index (χ3n) is 4.52. The number of carbonyl (C=O) groups is 1. The lowest BCUT2D eigenvalue weighted by atomic mass is 9.69. The highest BCUT2D eigenvalue weighted by Gasteiger charge is 2.58. The second-order valence-corrected chi connectivity index (χ2v) is 6.69. The summed E-state index contributed by atoms with van der Waals surface area (Å²) in [6.45, 7) is 3.70. The van der Waals surface area contributed by atoms with Crippen LogP contribution in [-0.4, -0.2) is 16.1 Å². The molecular weight excluding hydrogens is 374 g/mol. The molecular formula is C16H12BrN5O2.